The highest BCUT2D eigenvalue weighted by atomic mass is 16.5. The number of pyridine rings is 1. The molecule has 0 bridgehead atoms. The number of likely N-dealkylation sites (N-methyl/N-ethyl adjacent to an activating group) is 1. The summed E-state index contributed by atoms with van der Waals surface area (Å²) in [6.07, 6.45) is 8.64. The maximum Gasteiger partial charge on any atom is 0.0622 e. The van der Waals surface area contributed by atoms with Gasteiger partial charge in [0.2, 0.25) is 0 Å². The van der Waals surface area contributed by atoms with E-state index in [4.69, 9.17) is 4.74 Å². The van der Waals surface area contributed by atoms with Gasteiger partial charge in [0, 0.05) is 31.9 Å². The lowest BCUT2D eigenvalue weighted by Gasteiger charge is -2.39. The third kappa shape index (κ3) is 3.98. The third-order valence-corrected chi connectivity index (χ3v) is 6.27. The smallest absolute Gasteiger partial charge is 0.0622 e. The van der Waals surface area contributed by atoms with Crippen molar-refractivity contribution in [1.29, 1.82) is 0 Å². The van der Waals surface area contributed by atoms with E-state index in [0.29, 0.717) is 11.5 Å². The van der Waals surface area contributed by atoms with Crippen molar-refractivity contribution in [3.05, 3.63) is 30.1 Å². The summed E-state index contributed by atoms with van der Waals surface area (Å²) in [7, 11) is 2.29. The predicted molar refractivity (Wildman–Crippen MR) is 95.8 cm³/mol. The second-order valence-electron chi connectivity index (χ2n) is 8.35. The van der Waals surface area contributed by atoms with E-state index in [1.807, 2.05) is 12.3 Å². The van der Waals surface area contributed by atoms with Crippen LogP contribution in [0.25, 0.3) is 0 Å². The molecule has 0 aromatic carbocycles. The molecule has 3 fully saturated rings. The van der Waals surface area contributed by atoms with E-state index < -0.39 is 0 Å². The fourth-order valence-electron chi connectivity index (χ4n) is 4.49. The van der Waals surface area contributed by atoms with Gasteiger partial charge in [-0.05, 0) is 75.7 Å². The van der Waals surface area contributed by atoms with Crippen LogP contribution in [-0.4, -0.2) is 60.7 Å². The number of ether oxygens (including phenoxy) is 1. The van der Waals surface area contributed by atoms with Gasteiger partial charge >= 0.3 is 0 Å². The zero-order valence-corrected chi connectivity index (χ0v) is 15.0. The average Bonchev–Trinajstić information content (AvgIpc) is 3.36. The molecule has 4 nitrogen and oxygen atoms in total. The molecule has 1 aliphatic carbocycles. The van der Waals surface area contributed by atoms with Crippen molar-refractivity contribution >= 4 is 0 Å². The van der Waals surface area contributed by atoms with Gasteiger partial charge in [0.05, 0.1) is 12.3 Å². The minimum absolute atomic E-state index is 0.531. The van der Waals surface area contributed by atoms with E-state index in [9.17, 15) is 0 Å². The molecule has 2 saturated heterocycles. The topological polar surface area (TPSA) is 28.6 Å². The van der Waals surface area contributed by atoms with Crippen LogP contribution in [0.4, 0.5) is 0 Å². The highest BCUT2D eigenvalue weighted by Gasteiger charge is 2.44. The first kappa shape index (κ1) is 16.5. The Hall–Kier alpha value is -0.970. The maximum atomic E-state index is 5.99. The van der Waals surface area contributed by atoms with E-state index in [0.717, 1.165) is 25.7 Å². The number of piperidine rings is 1. The van der Waals surface area contributed by atoms with Crippen LogP contribution in [0, 0.1) is 11.3 Å². The molecule has 0 unspecified atom stereocenters. The first-order valence-electron chi connectivity index (χ1n) is 9.63. The second-order valence-corrected chi connectivity index (χ2v) is 8.35. The van der Waals surface area contributed by atoms with Crippen LogP contribution in [0.2, 0.25) is 0 Å². The van der Waals surface area contributed by atoms with Gasteiger partial charge in [0.15, 0.2) is 0 Å². The van der Waals surface area contributed by atoms with Gasteiger partial charge in [0.25, 0.3) is 0 Å². The van der Waals surface area contributed by atoms with Crippen LogP contribution >= 0.6 is 0 Å². The zero-order valence-electron chi connectivity index (χ0n) is 15.0. The maximum absolute atomic E-state index is 5.99. The summed E-state index contributed by atoms with van der Waals surface area (Å²) in [5, 5.41) is 0. The van der Waals surface area contributed by atoms with E-state index in [-0.39, 0.29) is 0 Å². The number of nitrogens with zero attached hydrogens (tertiary/aromatic N) is 3. The minimum Gasteiger partial charge on any atom is -0.380 e. The number of likely N-dealkylation sites (tertiary alicyclic amines) is 2. The normalized spacial score (nSPS) is 27.8. The van der Waals surface area contributed by atoms with Gasteiger partial charge in [-0.3, -0.25) is 9.88 Å². The van der Waals surface area contributed by atoms with Crippen LogP contribution in [-0.2, 0) is 11.3 Å². The summed E-state index contributed by atoms with van der Waals surface area (Å²) in [6, 6.07) is 6.85. The molecule has 132 valence electrons. The Morgan fingerprint density at radius 1 is 1.21 bits per heavy atom. The van der Waals surface area contributed by atoms with Gasteiger partial charge in [0.1, 0.15) is 0 Å². The summed E-state index contributed by atoms with van der Waals surface area (Å²) in [5.74, 6) is 0.875. The summed E-state index contributed by atoms with van der Waals surface area (Å²) in [5.41, 5.74) is 1.73. The van der Waals surface area contributed by atoms with E-state index in [1.165, 1.54) is 57.4 Å². The molecule has 2 aliphatic heterocycles. The van der Waals surface area contributed by atoms with Crippen molar-refractivity contribution in [1.82, 2.24) is 14.8 Å². The summed E-state index contributed by atoms with van der Waals surface area (Å²) < 4.78 is 5.99. The lowest BCUT2D eigenvalue weighted by Crippen LogP contribution is -2.41. The van der Waals surface area contributed by atoms with Crippen LogP contribution in [0.5, 0.6) is 0 Å². The Morgan fingerprint density at radius 2 is 2.04 bits per heavy atom. The highest BCUT2D eigenvalue weighted by Crippen LogP contribution is 2.43. The van der Waals surface area contributed by atoms with Crippen molar-refractivity contribution < 1.29 is 4.74 Å². The molecule has 0 amide bonds. The standard InChI is InChI=1S/C20H31N3O/c1-22-16-20(12-19(22)15-24-14-17-5-6-17)7-10-23(11-8-20)13-18-4-2-3-9-21-18/h2-4,9,17,19H,5-8,10-16H2,1H3/t19-/m0/s1. The van der Waals surface area contributed by atoms with Gasteiger partial charge in [-0.15, -0.1) is 0 Å². The Balaban J connectivity index is 1.25. The van der Waals surface area contributed by atoms with Crippen molar-refractivity contribution in [3.8, 4) is 0 Å². The Bertz CT molecular complexity index is 523. The largest absolute Gasteiger partial charge is 0.380 e. The summed E-state index contributed by atoms with van der Waals surface area (Å²) >= 11 is 0. The molecule has 24 heavy (non-hydrogen) atoms. The number of hydrogen-bond donors (Lipinski definition) is 0. The van der Waals surface area contributed by atoms with Crippen molar-refractivity contribution in [3.63, 3.8) is 0 Å². The molecule has 4 rings (SSSR count). The Morgan fingerprint density at radius 3 is 2.75 bits per heavy atom. The van der Waals surface area contributed by atoms with Gasteiger partial charge in [-0.2, -0.15) is 0 Å². The zero-order chi connectivity index (χ0) is 16.4. The van der Waals surface area contributed by atoms with Gasteiger partial charge < -0.3 is 9.64 Å². The molecule has 1 aromatic rings. The van der Waals surface area contributed by atoms with E-state index in [2.05, 4.69) is 34.0 Å². The van der Waals surface area contributed by atoms with Crippen molar-refractivity contribution in [2.75, 3.05) is 39.9 Å². The molecule has 3 aliphatic rings. The monoisotopic (exact) mass is 329 g/mol. The number of rotatable bonds is 6. The van der Waals surface area contributed by atoms with Crippen molar-refractivity contribution in [2.24, 2.45) is 11.3 Å². The fourth-order valence-corrected chi connectivity index (χ4v) is 4.49. The summed E-state index contributed by atoms with van der Waals surface area (Å²) in [6.45, 7) is 6.60. The SMILES string of the molecule is CN1CC2(CCN(Cc3ccccn3)CC2)C[C@H]1COCC1CC1. The molecule has 1 atom stereocenters. The van der Waals surface area contributed by atoms with Crippen LogP contribution in [0.3, 0.4) is 0 Å². The summed E-state index contributed by atoms with van der Waals surface area (Å²) in [4.78, 5) is 9.60. The first-order chi connectivity index (χ1) is 11.7. The number of aromatic nitrogens is 1. The lowest BCUT2D eigenvalue weighted by molar-refractivity contribution is 0.0776. The third-order valence-electron chi connectivity index (χ3n) is 6.27. The molecule has 4 heteroatoms. The molecule has 1 saturated carbocycles. The quantitative estimate of drug-likeness (QED) is 0.802. The first-order valence-corrected chi connectivity index (χ1v) is 9.63. The Labute approximate surface area is 146 Å². The van der Waals surface area contributed by atoms with Crippen LogP contribution in [0.1, 0.15) is 37.8 Å². The van der Waals surface area contributed by atoms with Gasteiger partial charge in [-0.1, -0.05) is 6.07 Å². The molecular weight excluding hydrogens is 298 g/mol. The van der Waals surface area contributed by atoms with Crippen LogP contribution < -0.4 is 0 Å². The highest BCUT2D eigenvalue weighted by molar-refractivity contribution is 5.04. The average molecular weight is 329 g/mol. The fraction of sp³-hybridized carbons (Fsp3) is 0.750. The van der Waals surface area contributed by atoms with E-state index in [1.54, 1.807) is 0 Å². The van der Waals surface area contributed by atoms with Gasteiger partial charge in [-0.25, -0.2) is 0 Å². The van der Waals surface area contributed by atoms with E-state index >= 15 is 0 Å². The number of hydrogen-bond acceptors (Lipinski definition) is 4. The molecule has 1 spiro atoms. The molecule has 0 radical (unpaired) electrons. The lowest BCUT2D eigenvalue weighted by atomic mass is 9.76. The molecule has 1 aromatic heterocycles. The predicted octanol–water partition coefficient (Wildman–Crippen LogP) is 2.79. The molecule has 3 heterocycles. The molecular formula is C20H31N3O. The van der Waals surface area contributed by atoms with Crippen molar-refractivity contribution in [2.45, 2.75) is 44.7 Å². The van der Waals surface area contributed by atoms with Crippen LogP contribution in [0.15, 0.2) is 24.4 Å². The Kier molecular flexibility index (Phi) is 4.88. The minimum atomic E-state index is 0.531. The second kappa shape index (κ2) is 7.11. The molecule has 0 N–H and O–H groups in total.